The van der Waals surface area contributed by atoms with E-state index in [1.54, 1.807) is 12.5 Å². The molecule has 2 amide bonds. The van der Waals surface area contributed by atoms with E-state index in [0.717, 1.165) is 50.8 Å². The van der Waals surface area contributed by atoms with Crippen molar-refractivity contribution in [3.8, 4) is 0 Å². The number of amides is 2. The van der Waals surface area contributed by atoms with Crippen molar-refractivity contribution in [3.63, 3.8) is 0 Å². The van der Waals surface area contributed by atoms with Gasteiger partial charge in [-0.15, -0.1) is 0 Å². The first kappa shape index (κ1) is 21.7. The van der Waals surface area contributed by atoms with Crippen molar-refractivity contribution in [3.05, 3.63) is 23.8 Å². The summed E-state index contributed by atoms with van der Waals surface area (Å²) in [4.78, 5) is 35.7. The van der Waals surface area contributed by atoms with E-state index in [4.69, 9.17) is 0 Å². The van der Waals surface area contributed by atoms with Crippen LogP contribution in [-0.4, -0.2) is 46.3 Å². The Balaban J connectivity index is 1.53. The standard InChI is InChI=1S/C23H36N4O2/c1-3-27(4-2)23(29)20-15-24-16-26-21(20)18-12-10-17(11-13-18)14-25-22(28)19-8-6-5-7-9-19/h15-19H,3-14H2,1-2H3,(H,25,28). The lowest BCUT2D eigenvalue weighted by Gasteiger charge is -2.30. The van der Waals surface area contributed by atoms with E-state index in [2.05, 4.69) is 15.3 Å². The topological polar surface area (TPSA) is 75.2 Å². The fourth-order valence-electron chi connectivity index (χ4n) is 4.90. The molecule has 1 aromatic rings. The first-order valence-corrected chi connectivity index (χ1v) is 11.5. The monoisotopic (exact) mass is 400 g/mol. The lowest BCUT2D eigenvalue weighted by atomic mass is 9.79. The Morgan fingerprint density at radius 3 is 2.38 bits per heavy atom. The highest BCUT2D eigenvalue weighted by atomic mass is 16.2. The zero-order valence-electron chi connectivity index (χ0n) is 18.0. The van der Waals surface area contributed by atoms with Crippen molar-refractivity contribution >= 4 is 11.8 Å². The Kier molecular flexibility index (Phi) is 8.01. The minimum absolute atomic E-state index is 0.0347. The highest BCUT2D eigenvalue weighted by Crippen LogP contribution is 2.36. The Hall–Kier alpha value is -1.98. The number of hydrogen-bond acceptors (Lipinski definition) is 4. The highest BCUT2D eigenvalue weighted by Gasteiger charge is 2.29. The highest BCUT2D eigenvalue weighted by molar-refractivity contribution is 5.95. The van der Waals surface area contributed by atoms with Crippen LogP contribution in [0.15, 0.2) is 12.5 Å². The average Bonchev–Trinajstić information content (AvgIpc) is 2.79. The van der Waals surface area contributed by atoms with E-state index in [-0.39, 0.29) is 17.7 Å². The predicted octanol–water partition coefficient (Wildman–Crippen LogP) is 3.93. The number of rotatable bonds is 7. The molecule has 6 nitrogen and oxygen atoms in total. The van der Waals surface area contributed by atoms with Crippen LogP contribution in [0.5, 0.6) is 0 Å². The molecule has 2 aliphatic carbocycles. The molecule has 29 heavy (non-hydrogen) atoms. The maximum atomic E-state index is 12.9. The first-order valence-electron chi connectivity index (χ1n) is 11.5. The van der Waals surface area contributed by atoms with Gasteiger partial charge in [0.2, 0.25) is 5.91 Å². The third-order valence-corrected chi connectivity index (χ3v) is 6.80. The Bertz CT molecular complexity index is 675. The summed E-state index contributed by atoms with van der Waals surface area (Å²) in [6.45, 7) is 6.17. The summed E-state index contributed by atoms with van der Waals surface area (Å²) in [7, 11) is 0. The van der Waals surface area contributed by atoms with Gasteiger partial charge in [-0.25, -0.2) is 9.97 Å². The molecule has 0 radical (unpaired) electrons. The first-order chi connectivity index (χ1) is 14.1. The Morgan fingerprint density at radius 1 is 1.03 bits per heavy atom. The van der Waals surface area contributed by atoms with Crippen molar-refractivity contribution in [1.82, 2.24) is 20.2 Å². The summed E-state index contributed by atoms with van der Waals surface area (Å²) < 4.78 is 0. The molecule has 2 saturated carbocycles. The van der Waals surface area contributed by atoms with Gasteiger partial charge >= 0.3 is 0 Å². The quantitative estimate of drug-likeness (QED) is 0.752. The van der Waals surface area contributed by atoms with Gasteiger partial charge in [0, 0.05) is 37.7 Å². The summed E-state index contributed by atoms with van der Waals surface area (Å²) in [6, 6.07) is 0. The number of carbonyl (C=O) groups excluding carboxylic acids is 2. The van der Waals surface area contributed by atoms with E-state index >= 15 is 0 Å². The maximum Gasteiger partial charge on any atom is 0.257 e. The third-order valence-electron chi connectivity index (χ3n) is 6.80. The van der Waals surface area contributed by atoms with E-state index < -0.39 is 0 Å². The number of hydrogen-bond donors (Lipinski definition) is 1. The molecule has 0 aliphatic heterocycles. The zero-order valence-corrected chi connectivity index (χ0v) is 18.0. The Labute approximate surface area is 174 Å². The van der Waals surface area contributed by atoms with Gasteiger partial charge in [-0.2, -0.15) is 0 Å². The number of nitrogens with one attached hydrogen (secondary N) is 1. The molecule has 0 spiro atoms. The summed E-state index contributed by atoms with van der Waals surface area (Å²) in [6.07, 6.45) is 13.2. The SMILES string of the molecule is CCN(CC)C(=O)c1cncnc1C1CCC(CNC(=O)C2CCCCC2)CC1. The fraction of sp³-hybridized carbons (Fsp3) is 0.739. The van der Waals surface area contributed by atoms with Crippen LogP contribution in [-0.2, 0) is 4.79 Å². The van der Waals surface area contributed by atoms with Crippen molar-refractivity contribution in [2.45, 2.75) is 77.6 Å². The van der Waals surface area contributed by atoms with Crippen LogP contribution >= 0.6 is 0 Å². The van der Waals surface area contributed by atoms with Gasteiger partial charge in [-0.3, -0.25) is 9.59 Å². The van der Waals surface area contributed by atoms with Gasteiger partial charge in [0.25, 0.3) is 5.91 Å². The minimum Gasteiger partial charge on any atom is -0.356 e. The second-order valence-corrected chi connectivity index (χ2v) is 8.60. The molecule has 0 bridgehead atoms. The van der Waals surface area contributed by atoms with Crippen LogP contribution in [0.25, 0.3) is 0 Å². The van der Waals surface area contributed by atoms with E-state index in [1.807, 2.05) is 18.7 Å². The van der Waals surface area contributed by atoms with E-state index in [9.17, 15) is 9.59 Å². The van der Waals surface area contributed by atoms with Crippen LogP contribution in [0.2, 0.25) is 0 Å². The average molecular weight is 401 g/mol. The lowest BCUT2D eigenvalue weighted by Crippen LogP contribution is -2.36. The largest absolute Gasteiger partial charge is 0.356 e. The minimum atomic E-state index is 0.0347. The molecule has 6 heteroatoms. The van der Waals surface area contributed by atoms with Crippen LogP contribution in [0, 0.1) is 11.8 Å². The molecular weight excluding hydrogens is 364 g/mol. The summed E-state index contributed by atoms with van der Waals surface area (Å²) in [5, 5.41) is 3.21. The second kappa shape index (κ2) is 10.7. The molecular formula is C23H36N4O2. The summed E-state index contributed by atoms with van der Waals surface area (Å²) >= 11 is 0. The fourth-order valence-corrected chi connectivity index (χ4v) is 4.90. The summed E-state index contributed by atoms with van der Waals surface area (Å²) in [5.74, 6) is 1.36. The lowest BCUT2D eigenvalue weighted by molar-refractivity contribution is -0.126. The van der Waals surface area contributed by atoms with Crippen molar-refractivity contribution in [2.75, 3.05) is 19.6 Å². The van der Waals surface area contributed by atoms with Crippen LogP contribution < -0.4 is 5.32 Å². The summed E-state index contributed by atoms with van der Waals surface area (Å²) in [5.41, 5.74) is 1.56. The molecule has 0 unspecified atom stereocenters. The van der Waals surface area contributed by atoms with Crippen molar-refractivity contribution in [1.29, 1.82) is 0 Å². The van der Waals surface area contributed by atoms with Gasteiger partial charge in [0.15, 0.2) is 0 Å². The molecule has 2 fully saturated rings. The number of aromatic nitrogens is 2. The Morgan fingerprint density at radius 2 is 1.72 bits per heavy atom. The van der Waals surface area contributed by atoms with Gasteiger partial charge in [-0.05, 0) is 58.3 Å². The van der Waals surface area contributed by atoms with Crippen LogP contribution in [0.4, 0.5) is 0 Å². The van der Waals surface area contributed by atoms with Crippen molar-refractivity contribution in [2.24, 2.45) is 11.8 Å². The molecule has 1 aromatic heterocycles. The molecule has 0 saturated heterocycles. The normalized spacial score (nSPS) is 22.8. The van der Waals surface area contributed by atoms with Gasteiger partial charge < -0.3 is 10.2 Å². The third kappa shape index (κ3) is 5.55. The molecule has 0 aromatic carbocycles. The molecule has 160 valence electrons. The number of nitrogens with zero attached hydrogens (tertiary/aromatic N) is 3. The molecule has 0 atom stereocenters. The van der Waals surface area contributed by atoms with Gasteiger partial charge in [-0.1, -0.05) is 19.3 Å². The van der Waals surface area contributed by atoms with Crippen LogP contribution in [0.3, 0.4) is 0 Å². The van der Waals surface area contributed by atoms with Gasteiger partial charge in [0.05, 0.1) is 11.3 Å². The molecule has 1 N–H and O–H groups in total. The number of carbonyl (C=O) groups is 2. The second-order valence-electron chi connectivity index (χ2n) is 8.60. The maximum absolute atomic E-state index is 12.9. The zero-order chi connectivity index (χ0) is 20.6. The predicted molar refractivity (Wildman–Crippen MR) is 114 cm³/mol. The smallest absolute Gasteiger partial charge is 0.257 e. The molecule has 3 rings (SSSR count). The van der Waals surface area contributed by atoms with E-state index in [1.165, 1.54) is 19.3 Å². The van der Waals surface area contributed by atoms with Crippen molar-refractivity contribution < 1.29 is 9.59 Å². The molecule has 2 aliphatic rings. The van der Waals surface area contributed by atoms with Gasteiger partial charge in [0.1, 0.15) is 6.33 Å². The van der Waals surface area contributed by atoms with Crippen LogP contribution in [0.1, 0.15) is 93.6 Å². The molecule has 1 heterocycles. The van der Waals surface area contributed by atoms with E-state index in [0.29, 0.717) is 30.5 Å².